The van der Waals surface area contributed by atoms with Crippen molar-refractivity contribution in [3.8, 4) is 0 Å². The number of likely N-dealkylation sites (tertiary alicyclic amines) is 1. The van der Waals surface area contributed by atoms with Crippen molar-refractivity contribution in [1.82, 2.24) is 10.2 Å². The van der Waals surface area contributed by atoms with Crippen LogP contribution in [-0.4, -0.2) is 74.4 Å². The minimum Gasteiger partial charge on any atom is -0.480 e. The molecule has 0 saturated carbocycles. The Morgan fingerprint density at radius 1 is 1.12 bits per heavy atom. The number of carbonyl (C=O) groups is 5. The van der Waals surface area contributed by atoms with E-state index < -0.39 is 53.0 Å². The van der Waals surface area contributed by atoms with Gasteiger partial charge in [-0.1, -0.05) is 0 Å². The van der Waals surface area contributed by atoms with Gasteiger partial charge in [-0.2, -0.15) is 0 Å². The molecule has 0 unspecified atom stereocenters. The van der Waals surface area contributed by atoms with E-state index in [0.717, 1.165) is 6.92 Å². The third-order valence-corrected chi connectivity index (χ3v) is 3.91. The second-order valence-electron chi connectivity index (χ2n) is 7.07. The maximum atomic E-state index is 12.5. The van der Waals surface area contributed by atoms with Gasteiger partial charge in [0, 0.05) is 6.54 Å². The maximum Gasteiger partial charge on any atom is 0.408 e. The SMILES string of the molecule is CC(C)(C)OC(=O)N[C@@H]1CCN([C@H](C(=O)O)C(C)(C(=O)O)C(=O)O)C1=O. The van der Waals surface area contributed by atoms with E-state index in [-0.39, 0.29) is 13.0 Å². The van der Waals surface area contributed by atoms with Crippen LogP contribution in [0.2, 0.25) is 0 Å². The summed E-state index contributed by atoms with van der Waals surface area (Å²) < 4.78 is 5.01. The third-order valence-electron chi connectivity index (χ3n) is 3.91. The first kappa shape index (κ1) is 21.2. The molecule has 0 aromatic rings. The van der Waals surface area contributed by atoms with Crippen molar-refractivity contribution < 1.29 is 44.0 Å². The number of hydrogen-bond acceptors (Lipinski definition) is 6. The molecule has 11 heteroatoms. The standard InChI is InChI=1S/C15H22N2O9/c1-14(2,3)26-13(25)16-7-5-6-17(9(7)18)8(10(19)20)15(4,11(21)22)12(23)24/h7-8H,5-6H2,1-4H3,(H,16,25)(H,19,20)(H,21,22)(H,23,24)/t7-,8-/m1/s1. The zero-order valence-electron chi connectivity index (χ0n) is 14.8. The monoisotopic (exact) mass is 374 g/mol. The first-order valence-electron chi connectivity index (χ1n) is 7.71. The number of amides is 2. The summed E-state index contributed by atoms with van der Waals surface area (Å²) in [5.41, 5.74) is -3.58. The van der Waals surface area contributed by atoms with Gasteiger partial charge in [0.2, 0.25) is 5.91 Å². The van der Waals surface area contributed by atoms with Crippen molar-refractivity contribution in [2.75, 3.05) is 6.54 Å². The van der Waals surface area contributed by atoms with Crippen molar-refractivity contribution in [2.45, 2.75) is 51.8 Å². The fraction of sp³-hybridized carbons (Fsp3) is 0.667. The molecule has 1 aliphatic rings. The summed E-state index contributed by atoms with van der Waals surface area (Å²) in [5.74, 6) is -6.46. The number of hydrogen-bond donors (Lipinski definition) is 4. The zero-order chi connectivity index (χ0) is 20.4. The van der Waals surface area contributed by atoms with Crippen molar-refractivity contribution in [3.63, 3.8) is 0 Å². The van der Waals surface area contributed by atoms with E-state index in [1.54, 1.807) is 20.8 Å². The lowest BCUT2D eigenvalue weighted by atomic mass is 9.81. The molecule has 146 valence electrons. The normalized spacial score (nSPS) is 19.0. The zero-order valence-corrected chi connectivity index (χ0v) is 14.8. The van der Waals surface area contributed by atoms with Gasteiger partial charge in [-0.25, -0.2) is 9.59 Å². The molecule has 26 heavy (non-hydrogen) atoms. The van der Waals surface area contributed by atoms with E-state index in [1.165, 1.54) is 0 Å². The predicted octanol–water partition coefficient (Wildman–Crippen LogP) is -0.259. The molecule has 1 rings (SSSR count). The Kier molecular flexibility index (Phi) is 5.85. The van der Waals surface area contributed by atoms with Crippen LogP contribution in [0.1, 0.15) is 34.1 Å². The lowest BCUT2D eigenvalue weighted by Gasteiger charge is -2.33. The van der Waals surface area contributed by atoms with Gasteiger partial charge in [-0.3, -0.25) is 14.4 Å². The van der Waals surface area contributed by atoms with Gasteiger partial charge in [-0.15, -0.1) is 0 Å². The summed E-state index contributed by atoms with van der Waals surface area (Å²) in [4.78, 5) is 59.3. The number of carboxylic acid groups (broad SMARTS) is 3. The summed E-state index contributed by atoms with van der Waals surface area (Å²) in [7, 11) is 0. The fourth-order valence-corrected chi connectivity index (χ4v) is 2.56. The molecule has 1 saturated heterocycles. The van der Waals surface area contributed by atoms with Crippen LogP contribution in [0.15, 0.2) is 0 Å². The summed E-state index contributed by atoms with van der Waals surface area (Å²) in [5, 5.41) is 30.1. The molecule has 0 radical (unpaired) electrons. The van der Waals surface area contributed by atoms with E-state index in [9.17, 15) is 39.3 Å². The quantitative estimate of drug-likeness (QED) is 0.457. The smallest absolute Gasteiger partial charge is 0.408 e. The minimum atomic E-state index is -2.76. The number of alkyl carbamates (subject to hydrolysis) is 1. The van der Waals surface area contributed by atoms with E-state index in [2.05, 4.69) is 5.32 Å². The first-order chi connectivity index (χ1) is 11.7. The highest BCUT2D eigenvalue weighted by Gasteiger charge is 2.58. The Hall–Kier alpha value is -2.85. The lowest BCUT2D eigenvalue weighted by molar-refractivity contribution is -0.176. The van der Waals surface area contributed by atoms with Crippen molar-refractivity contribution in [2.24, 2.45) is 5.41 Å². The number of nitrogens with one attached hydrogen (secondary N) is 1. The van der Waals surface area contributed by atoms with Crippen LogP contribution >= 0.6 is 0 Å². The number of ether oxygens (including phenoxy) is 1. The largest absolute Gasteiger partial charge is 0.480 e. The van der Waals surface area contributed by atoms with Gasteiger partial charge in [0.05, 0.1) is 0 Å². The molecular weight excluding hydrogens is 352 g/mol. The molecule has 2 amide bonds. The van der Waals surface area contributed by atoms with E-state index >= 15 is 0 Å². The molecule has 0 aromatic carbocycles. The molecular formula is C15H22N2O9. The minimum absolute atomic E-state index is 0.0167. The van der Waals surface area contributed by atoms with Crippen molar-refractivity contribution in [3.05, 3.63) is 0 Å². The number of nitrogens with zero attached hydrogens (tertiary/aromatic N) is 1. The van der Waals surface area contributed by atoms with Gasteiger partial charge in [0.25, 0.3) is 0 Å². The predicted molar refractivity (Wildman–Crippen MR) is 84.3 cm³/mol. The van der Waals surface area contributed by atoms with E-state index in [1.807, 2.05) is 0 Å². The van der Waals surface area contributed by atoms with Gasteiger partial charge in [-0.05, 0) is 34.1 Å². The van der Waals surface area contributed by atoms with E-state index in [4.69, 9.17) is 4.74 Å². The molecule has 0 aromatic heterocycles. The Bertz CT molecular complexity index is 624. The first-order valence-corrected chi connectivity index (χ1v) is 7.71. The Balaban J connectivity index is 3.06. The molecule has 11 nitrogen and oxygen atoms in total. The number of carboxylic acids is 3. The topological polar surface area (TPSA) is 171 Å². The molecule has 0 spiro atoms. The molecule has 0 bridgehead atoms. The highest BCUT2D eigenvalue weighted by Crippen LogP contribution is 2.30. The molecule has 2 atom stereocenters. The number of carbonyl (C=O) groups excluding carboxylic acids is 2. The van der Waals surface area contributed by atoms with Crippen LogP contribution in [-0.2, 0) is 23.9 Å². The Morgan fingerprint density at radius 2 is 1.62 bits per heavy atom. The van der Waals surface area contributed by atoms with Crippen LogP contribution in [0.25, 0.3) is 0 Å². The van der Waals surface area contributed by atoms with Crippen LogP contribution in [0.4, 0.5) is 4.79 Å². The third kappa shape index (κ3) is 4.21. The second kappa shape index (κ2) is 7.18. The van der Waals surface area contributed by atoms with Gasteiger partial charge < -0.3 is 30.3 Å². The van der Waals surface area contributed by atoms with Crippen LogP contribution in [0.5, 0.6) is 0 Å². The average Bonchev–Trinajstić information content (AvgIpc) is 2.77. The molecule has 0 aliphatic carbocycles. The Labute approximate surface area is 148 Å². The van der Waals surface area contributed by atoms with Crippen LogP contribution in [0, 0.1) is 5.41 Å². The maximum absolute atomic E-state index is 12.5. The van der Waals surface area contributed by atoms with Crippen molar-refractivity contribution in [1.29, 1.82) is 0 Å². The highest BCUT2D eigenvalue weighted by atomic mass is 16.6. The lowest BCUT2D eigenvalue weighted by Crippen LogP contribution is -2.60. The average molecular weight is 374 g/mol. The van der Waals surface area contributed by atoms with Crippen LogP contribution in [0.3, 0.4) is 0 Å². The van der Waals surface area contributed by atoms with Gasteiger partial charge in [0.1, 0.15) is 11.6 Å². The van der Waals surface area contributed by atoms with Crippen LogP contribution < -0.4 is 5.32 Å². The molecule has 1 heterocycles. The summed E-state index contributed by atoms with van der Waals surface area (Å²) in [6.07, 6.45) is -0.916. The molecule has 1 fully saturated rings. The second-order valence-corrected chi connectivity index (χ2v) is 7.07. The molecule has 1 aliphatic heterocycles. The fourth-order valence-electron chi connectivity index (χ4n) is 2.56. The number of rotatable bonds is 6. The van der Waals surface area contributed by atoms with Gasteiger partial charge >= 0.3 is 24.0 Å². The number of aliphatic carboxylic acids is 3. The van der Waals surface area contributed by atoms with Crippen molar-refractivity contribution >= 4 is 29.9 Å². The van der Waals surface area contributed by atoms with Gasteiger partial charge in [0.15, 0.2) is 11.5 Å². The summed E-state index contributed by atoms with van der Waals surface area (Å²) in [6.45, 7) is 5.33. The summed E-state index contributed by atoms with van der Waals surface area (Å²) >= 11 is 0. The summed E-state index contributed by atoms with van der Waals surface area (Å²) in [6, 6.07) is -3.28. The van der Waals surface area contributed by atoms with E-state index in [0.29, 0.717) is 4.90 Å². The molecule has 4 N–H and O–H groups in total. The Morgan fingerprint density at radius 3 is 2.00 bits per heavy atom. The highest BCUT2D eigenvalue weighted by molar-refractivity contribution is 6.05.